The molecule has 2 fully saturated rings. The summed E-state index contributed by atoms with van der Waals surface area (Å²) in [4.78, 5) is 19.1. The minimum atomic E-state index is -0.715. The monoisotopic (exact) mass is 492 g/mol. The van der Waals surface area contributed by atoms with Gasteiger partial charge < -0.3 is 19.4 Å². The normalized spacial score (nSPS) is 18.5. The fourth-order valence-corrected chi connectivity index (χ4v) is 2.65. The SMILES string of the molecule is CN1CC[C-](C(=O)O)CC1.Cc1noc([C-]2CCN(C)CC2)n1.[Rb+].[Rb+]. The summed E-state index contributed by atoms with van der Waals surface area (Å²) >= 11 is 0. The third kappa shape index (κ3) is 9.76. The zero-order valence-electron chi connectivity index (χ0n) is 16.2. The van der Waals surface area contributed by atoms with E-state index in [-0.39, 0.29) is 116 Å². The third-order valence-electron chi connectivity index (χ3n) is 4.31. The maximum Gasteiger partial charge on any atom is 1.00 e. The number of piperidine rings is 2. The minimum Gasteiger partial charge on any atom is -0.503 e. The van der Waals surface area contributed by atoms with Crippen LogP contribution >= 0.6 is 0 Å². The van der Waals surface area contributed by atoms with Gasteiger partial charge in [-0.1, -0.05) is 5.16 Å². The van der Waals surface area contributed by atoms with Crippen molar-refractivity contribution in [2.24, 2.45) is 0 Å². The molecule has 7 nitrogen and oxygen atoms in total. The number of likely N-dealkylation sites (tertiary alicyclic amines) is 2. The Morgan fingerprint density at radius 3 is 1.92 bits per heavy atom. The Bertz CT molecular complexity index is 499. The van der Waals surface area contributed by atoms with Gasteiger partial charge in [0.25, 0.3) is 0 Å². The molecule has 130 valence electrons. The number of aliphatic carboxylic acids is 1. The molecule has 0 bridgehead atoms. The summed E-state index contributed by atoms with van der Waals surface area (Å²) in [6, 6.07) is 0. The Kier molecular flexibility index (Phi) is 15.0. The van der Waals surface area contributed by atoms with E-state index < -0.39 is 5.97 Å². The van der Waals surface area contributed by atoms with Crippen LogP contribution in [0.15, 0.2) is 4.52 Å². The molecular formula is C16H26N4O3Rb2. The summed E-state index contributed by atoms with van der Waals surface area (Å²) in [6.07, 6.45) is 3.56. The van der Waals surface area contributed by atoms with E-state index in [9.17, 15) is 4.79 Å². The largest absolute Gasteiger partial charge is 1.00 e. The van der Waals surface area contributed by atoms with Gasteiger partial charge in [-0.15, -0.1) is 25.7 Å². The average molecular weight is 493 g/mol. The number of carboxylic acids is 1. The standard InChI is InChI=1S/C9H14N3O.C7H12NO2.2Rb/c1-7-10-9(13-11-7)8-3-5-12(2)6-4-8;1-8-4-2-6(3-5-8)7(9)10;;/h3-6H2,1-2H3;2-5H2,1H3,(H,9,10);;/q2*-1;2*+1. The van der Waals surface area contributed by atoms with Crippen LogP contribution in [0, 0.1) is 18.8 Å². The second-order valence-electron chi connectivity index (χ2n) is 6.27. The number of hydrogen-bond donors (Lipinski definition) is 1. The molecule has 2 saturated heterocycles. The van der Waals surface area contributed by atoms with Crippen LogP contribution in [0.1, 0.15) is 37.4 Å². The zero-order valence-corrected chi connectivity index (χ0v) is 26.0. The van der Waals surface area contributed by atoms with Gasteiger partial charge in [-0.05, 0) is 47.2 Å². The number of hydrogen-bond acceptors (Lipinski definition) is 6. The number of aryl methyl sites for hydroxylation is 1. The molecule has 0 aromatic carbocycles. The van der Waals surface area contributed by atoms with Crippen molar-refractivity contribution < 1.29 is 131 Å². The van der Waals surface area contributed by atoms with Gasteiger partial charge in [0.2, 0.25) is 0 Å². The fraction of sp³-hybridized carbons (Fsp3) is 0.688. The van der Waals surface area contributed by atoms with Crippen molar-refractivity contribution >= 4 is 5.97 Å². The molecule has 0 amide bonds. The van der Waals surface area contributed by atoms with E-state index in [0.29, 0.717) is 5.92 Å². The minimum absolute atomic E-state index is 0. The maximum absolute atomic E-state index is 10.4. The summed E-state index contributed by atoms with van der Waals surface area (Å²) in [5.74, 6) is 2.73. The van der Waals surface area contributed by atoms with E-state index >= 15 is 0 Å². The maximum atomic E-state index is 10.4. The number of carboxylic acid groups (broad SMARTS) is 1. The topological polar surface area (TPSA) is 82.7 Å². The molecule has 3 rings (SSSR count). The van der Waals surface area contributed by atoms with Crippen molar-refractivity contribution in [3.05, 3.63) is 23.6 Å². The summed E-state index contributed by atoms with van der Waals surface area (Å²) in [5.41, 5.74) is 0. The molecule has 2 aliphatic heterocycles. The van der Waals surface area contributed by atoms with Crippen LogP contribution in [0.5, 0.6) is 0 Å². The molecule has 3 heterocycles. The average Bonchev–Trinajstić information content (AvgIpc) is 2.96. The van der Waals surface area contributed by atoms with Crippen molar-refractivity contribution in [3.63, 3.8) is 0 Å². The van der Waals surface area contributed by atoms with Gasteiger partial charge in [-0.2, -0.15) is 0 Å². The molecule has 1 aromatic rings. The number of nitrogens with zero attached hydrogens (tertiary/aromatic N) is 4. The van der Waals surface area contributed by atoms with Crippen LogP contribution in [0.3, 0.4) is 0 Å². The first-order valence-corrected chi connectivity index (χ1v) is 8.06. The summed E-state index contributed by atoms with van der Waals surface area (Å²) in [7, 11) is 4.15. The Morgan fingerprint density at radius 1 is 1.04 bits per heavy atom. The second-order valence-corrected chi connectivity index (χ2v) is 6.27. The van der Waals surface area contributed by atoms with Gasteiger partial charge in [0, 0.05) is 0 Å². The van der Waals surface area contributed by atoms with Crippen LogP contribution in [0.4, 0.5) is 0 Å². The fourth-order valence-electron chi connectivity index (χ4n) is 2.65. The first-order chi connectivity index (χ1) is 11.0. The summed E-state index contributed by atoms with van der Waals surface area (Å²) < 4.78 is 5.12. The number of aromatic nitrogens is 2. The first-order valence-electron chi connectivity index (χ1n) is 8.06. The molecule has 1 aromatic heterocycles. The first kappa shape index (κ1) is 26.9. The van der Waals surface area contributed by atoms with E-state index in [2.05, 4.69) is 27.0 Å². The summed E-state index contributed by atoms with van der Waals surface area (Å²) in [5, 5.41) is 12.4. The van der Waals surface area contributed by atoms with E-state index in [1.54, 1.807) is 0 Å². The zero-order chi connectivity index (χ0) is 16.8. The van der Waals surface area contributed by atoms with Gasteiger partial charge in [-0.25, -0.2) is 4.98 Å². The van der Waals surface area contributed by atoms with Crippen LogP contribution < -0.4 is 116 Å². The molecule has 0 radical (unpaired) electrons. The predicted octanol–water partition coefficient (Wildman–Crippen LogP) is -4.59. The number of carbonyl (C=O) groups is 1. The molecule has 0 atom stereocenters. The molecule has 25 heavy (non-hydrogen) atoms. The number of rotatable bonds is 2. The van der Waals surface area contributed by atoms with Crippen LogP contribution in [-0.2, 0) is 4.79 Å². The van der Waals surface area contributed by atoms with Crippen molar-refractivity contribution in [2.45, 2.75) is 32.6 Å². The van der Waals surface area contributed by atoms with E-state index in [4.69, 9.17) is 9.63 Å². The third-order valence-corrected chi connectivity index (χ3v) is 4.31. The molecule has 9 heteroatoms. The quantitative estimate of drug-likeness (QED) is 0.416. The van der Waals surface area contributed by atoms with Gasteiger partial charge in [-0.3, -0.25) is 16.6 Å². The van der Waals surface area contributed by atoms with E-state index in [1.165, 1.54) is 5.92 Å². The van der Waals surface area contributed by atoms with Gasteiger partial charge >= 0.3 is 116 Å². The van der Waals surface area contributed by atoms with Crippen molar-refractivity contribution in [3.8, 4) is 0 Å². The molecule has 2 aliphatic rings. The molecule has 1 N–H and O–H groups in total. The smallest absolute Gasteiger partial charge is 0.503 e. The van der Waals surface area contributed by atoms with Gasteiger partial charge in [0.15, 0.2) is 11.8 Å². The van der Waals surface area contributed by atoms with Crippen molar-refractivity contribution in [1.82, 2.24) is 19.9 Å². The molecular weight excluding hydrogens is 467 g/mol. The second kappa shape index (κ2) is 14.0. The van der Waals surface area contributed by atoms with Crippen LogP contribution in [-0.4, -0.2) is 71.3 Å². The van der Waals surface area contributed by atoms with E-state index in [1.807, 2.05) is 14.0 Å². The Labute approximate surface area is 248 Å². The molecule has 0 saturated carbocycles. The van der Waals surface area contributed by atoms with Crippen molar-refractivity contribution in [2.75, 3.05) is 40.3 Å². The Hall–Kier alpha value is 1.88. The predicted molar refractivity (Wildman–Crippen MR) is 85.7 cm³/mol. The van der Waals surface area contributed by atoms with Crippen molar-refractivity contribution in [1.29, 1.82) is 0 Å². The van der Waals surface area contributed by atoms with E-state index in [0.717, 1.165) is 63.6 Å². The van der Waals surface area contributed by atoms with Gasteiger partial charge in [0.1, 0.15) is 0 Å². The molecule has 0 spiro atoms. The Morgan fingerprint density at radius 2 is 1.52 bits per heavy atom. The van der Waals surface area contributed by atoms with Gasteiger partial charge in [0.05, 0.1) is 5.89 Å². The molecule has 0 unspecified atom stereocenters. The molecule has 0 aliphatic carbocycles. The summed E-state index contributed by atoms with van der Waals surface area (Å²) in [6.45, 7) is 5.82. The Balaban J connectivity index is 0.000000440. The van der Waals surface area contributed by atoms with Crippen LogP contribution in [0.2, 0.25) is 0 Å². The van der Waals surface area contributed by atoms with Crippen LogP contribution in [0.25, 0.3) is 0 Å².